The van der Waals surface area contributed by atoms with Crippen molar-refractivity contribution in [1.82, 2.24) is 0 Å². The molecule has 1 rings (SSSR count). The quantitative estimate of drug-likeness (QED) is 0.567. The van der Waals surface area contributed by atoms with Crippen molar-refractivity contribution >= 4 is 67.8 Å². The Balaban J connectivity index is 2.68. The minimum Gasteiger partial charge on any atom is -0.491 e. The lowest BCUT2D eigenvalue weighted by molar-refractivity contribution is 0.0551. The van der Waals surface area contributed by atoms with Gasteiger partial charge in [0.2, 0.25) is 0 Å². The predicted octanol–water partition coefficient (Wildman–Crippen LogP) is 4.04. The van der Waals surface area contributed by atoms with Crippen molar-refractivity contribution in [2.24, 2.45) is 0 Å². The zero-order chi connectivity index (χ0) is 12.3. The smallest absolute Gasteiger partial charge is 0.145 e. The molecule has 0 radical (unpaired) electrons. The molecule has 0 atom stereocenters. The molecule has 0 amide bonds. The van der Waals surface area contributed by atoms with Crippen molar-refractivity contribution in [3.63, 3.8) is 0 Å². The van der Waals surface area contributed by atoms with Crippen LogP contribution in [0, 0.1) is 10.7 Å². The molecule has 2 nitrogen and oxygen atoms in total. The van der Waals surface area contributed by atoms with Gasteiger partial charge in [-0.1, -0.05) is 0 Å². The van der Waals surface area contributed by atoms with Gasteiger partial charge in [0.05, 0.1) is 19.3 Å². The molecule has 1 aromatic rings. The third-order valence-electron chi connectivity index (χ3n) is 1.92. The molecule has 0 heterocycles. The Labute approximate surface area is 137 Å². The van der Waals surface area contributed by atoms with Crippen LogP contribution in [-0.2, 0) is 0 Å². The second-order valence-electron chi connectivity index (χ2n) is 4.11. The van der Waals surface area contributed by atoms with Gasteiger partial charge in [-0.15, -0.1) is 0 Å². The van der Waals surface area contributed by atoms with E-state index >= 15 is 0 Å². The third-order valence-corrected chi connectivity index (χ3v) is 4.15. The fraction of sp³-hybridized carbons (Fsp3) is 0.455. The molecule has 0 fully saturated rings. The molecule has 0 aliphatic rings. The van der Waals surface area contributed by atoms with Crippen LogP contribution in [0.25, 0.3) is 0 Å². The monoisotopic (exact) mass is 558 g/mol. The Hall–Kier alpha value is 1.17. The van der Waals surface area contributed by atoms with Gasteiger partial charge in [0, 0.05) is 9.99 Å². The summed E-state index contributed by atoms with van der Waals surface area (Å²) >= 11 is 6.84. The lowest BCUT2D eigenvalue weighted by Crippen LogP contribution is -2.22. The van der Waals surface area contributed by atoms with Crippen LogP contribution in [0.15, 0.2) is 12.1 Å². The Morgan fingerprint density at radius 2 is 1.69 bits per heavy atom. The van der Waals surface area contributed by atoms with E-state index in [9.17, 15) is 5.11 Å². The topological polar surface area (TPSA) is 29.5 Å². The average molecular weight is 558 g/mol. The van der Waals surface area contributed by atoms with Gasteiger partial charge in [0.25, 0.3) is 0 Å². The number of ether oxygens (including phenoxy) is 1. The summed E-state index contributed by atoms with van der Waals surface area (Å²) < 4.78 is 9.16. The summed E-state index contributed by atoms with van der Waals surface area (Å²) in [5.41, 5.74) is -0.667. The van der Waals surface area contributed by atoms with Crippen LogP contribution in [0.1, 0.15) is 20.3 Å². The second kappa shape index (κ2) is 6.37. The van der Waals surface area contributed by atoms with Crippen LogP contribution in [0.5, 0.6) is 5.75 Å². The Kier molecular flexibility index (Phi) is 6.06. The van der Waals surface area contributed by atoms with E-state index in [1.165, 1.54) is 3.57 Å². The minimum absolute atomic E-state index is 0.538. The van der Waals surface area contributed by atoms with E-state index in [4.69, 9.17) is 4.74 Å². The lowest BCUT2D eigenvalue weighted by atomic mass is 10.1. The summed E-state index contributed by atoms with van der Waals surface area (Å²) in [6.45, 7) is 4.12. The number of halogens is 3. The number of benzene rings is 1. The molecule has 16 heavy (non-hydrogen) atoms. The average Bonchev–Trinajstić information content (AvgIpc) is 2.07. The van der Waals surface area contributed by atoms with E-state index in [2.05, 4.69) is 79.9 Å². The highest BCUT2D eigenvalue weighted by Crippen LogP contribution is 2.29. The first-order chi connectivity index (χ1) is 7.29. The number of hydrogen-bond donors (Lipinski definition) is 1. The molecule has 1 N–H and O–H groups in total. The number of hydrogen-bond acceptors (Lipinski definition) is 2. The molecule has 0 saturated heterocycles. The Bertz CT molecular complexity index is 349. The van der Waals surface area contributed by atoms with Crippen molar-refractivity contribution in [2.45, 2.75) is 25.9 Å². The van der Waals surface area contributed by atoms with Gasteiger partial charge in [0.1, 0.15) is 5.75 Å². The summed E-state index contributed by atoms with van der Waals surface area (Å²) in [6.07, 6.45) is 0.630. The van der Waals surface area contributed by atoms with Gasteiger partial charge in [-0.25, -0.2) is 0 Å². The van der Waals surface area contributed by atoms with Crippen molar-refractivity contribution < 1.29 is 9.84 Å². The molecular weight excluding hydrogens is 545 g/mol. The molecule has 0 unspecified atom stereocenters. The van der Waals surface area contributed by atoms with Crippen LogP contribution in [0.4, 0.5) is 0 Å². The van der Waals surface area contributed by atoms with Gasteiger partial charge < -0.3 is 9.84 Å². The first kappa shape index (κ1) is 15.2. The maximum Gasteiger partial charge on any atom is 0.145 e. The van der Waals surface area contributed by atoms with Gasteiger partial charge in [-0.05, 0) is 93.8 Å². The Morgan fingerprint density at radius 1 is 1.19 bits per heavy atom. The third kappa shape index (κ3) is 5.21. The SMILES string of the molecule is CC(C)(O)CCOc1c(I)cc(I)cc1I. The highest BCUT2D eigenvalue weighted by molar-refractivity contribution is 14.1. The minimum atomic E-state index is -0.667. The van der Waals surface area contributed by atoms with Crippen molar-refractivity contribution in [3.8, 4) is 5.75 Å². The first-order valence-corrected chi connectivity index (χ1v) is 8.03. The second-order valence-corrected chi connectivity index (χ2v) is 7.68. The molecule has 0 aromatic heterocycles. The molecule has 5 heteroatoms. The summed E-state index contributed by atoms with van der Waals surface area (Å²) in [6, 6.07) is 4.17. The molecule has 90 valence electrons. The summed E-state index contributed by atoms with van der Waals surface area (Å²) in [7, 11) is 0. The van der Waals surface area contributed by atoms with Crippen LogP contribution in [0.3, 0.4) is 0 Å². The molecule has 0 saturated carbocycles. The van der Waals surface area contributed by atoms with E-state index in [0.29, 0.717) is 13.0 Å². The van der Waals surface area contributed by atoms with Crippen molar-refractivity contribution in [1.29, 1.82) is 0 Å². The summed E-state index contributed by atoms with van der Waals surface area (Å²) in [4.78, 5) is 0. The fourth-order valence-corrected chi connectivity index (χ4v) is 4.96. The zero-order valence-corrected chi connectivity index (χ0v) is 15.5. The molecule has 0 bridgehead atoms. The lowest BCUT2D eigenvalue weighted by Gasteiger charge is -2.18. The van der Waals surface area contributed by atoms with Crippen LogP contribution in [-0.4, -0.2) is 17.3 Å². The van der Waals surface area contributed by atoms with E-state index in [1.54, 1.807) is 13.8 Å². The molecule has 0 aliphatic carbocycles. The van der Waals surface area contributed by atoms with Crippen molar-refractivity contribution in [2.75, 3.05) is 6.61 Å². The molecule has 0 spiro atoms. The normalized spacial score (nSPS) is 11.6. The first-order valence-electron chi connectivity index (χ1n) is 4.79. The van der Waals surface area contributed by atoms with Gasteiger partial charge in [-0.2, -0.15) is 0 Å². The van der Waals surface area contributed by atoms with Crippen molar-refractivity contribution in [3.05, 3.63) is 22.8 Å². The maximum absolute atomic E-state index is 9.59. The predicted molar refractivity (Wildman–Crippen MR) is 91.0 cm³/mol. The Morgan fingerprint density at radius 3 is 2.12 bits per heavy atom. The molecule has 1 aromatic carbocycles. The van der Waals surface area contributed by atoms with E-state index in [0.717, 1.165) is 12.9 Å². The maximum atomic E-state index is 9.59. The van der Waals surface area contributed by atoms with E-state index < -0.39 is 5.60 Å². The van der Waals surface area contributed by atoms with Gasteiger partial charge >= 0.3 is 0 Å². The van der Waals surface area contributed by atoms with Gasteiger partial charge in [0.15, 0.2) is 0 Å². The summed E-state index contributed by atoms with van der Waals surface area (Å²) in [5, 5.41) is 9.59. The van der Waals surface area contributed by atoms with E-state index in [-0.39, 0.29) is 0 Å². The van der Waals surface area contributed by atoms with Crippen LogP contribution < -0.4 is 4.74 Å². The fourth-order valence-electron chi connectivity index (χ4n) is 1.07. The van der Waals surface area contributed by atoms with Gasteiger partial charge in [-0.3, -0.25) is 0 Å². The number of rotatable bonds is 4. The standard InChI is InChI=1S/C11H13I3O2/c1-11(2,15)3-4-16-10-8(13)5-7(12)6-9(10)14/h5-6,15H,3-4H2,1-2H3. The van der Waals surface area contributed by atoms with E-state index in [1.807, 2.05) is 0 Å². The molecule has 0 aliphatic heterocycles. The van der Waals surface area contributed by atoms with Crippen LogP contribution >= 0.6 is 67.8 Å². The molecular formula is C11H13I3O2. The highest BCUT2D eigenvalue weighted by atomic mass is 127. The largest absolute Gasteiger partial charge is 0.491 e. The zero-order valence-electron chi connectivity index (χ0n) is 9.06. The summed E-state index contributed by atoms with van der Waals surface area (Å²) in [5.74, 6) is 0.922. The highest BCUT2D eigenvalue weighted by Gasteiger charge is 2.14. The number of aliphatic hydroxyl groups is 1. The van der Waals surface area contributed by atoms with Crippen LogP contribution in [0.2, 0.25) is 0 Å².